The number of rotatable bonds is 12. The molecule has 0 aliphatic carbocycles. The van der Waals surface area contributed by atoms with Gasteiger partial charge in [-0.05, 0) is 86.3 Å². The summed E-state index contributed by atoms with van der Waals surface area (Å²) in [6.07, 6.45) is 5.27. The fraction of sp³-hybridized carbons (Fsp3) is 0.366. The topological polar surface area (TPSA) is 61.9 Å². The highest BCUT2D eigenvalue weighted by atomic mass is 16.6. The van der Waals surface area contributed by atoms with Gasteiger partial charge >= 0.3 is 6.09 Å². The Balaban J connectivity index is 1.13. The molecular formula is C41H47N3O3. The smallest absolute Gasteiger partial charge is 0.410 e. The normalized spacial score (nSPS) is 17.4. The van der Waals surface area contributed by atoms with Crippen molar-refractivity contribution >= 4 is 12.0 Å². The van der Waals surface area contributed by atoms with Crippen molar-refractivity contribution in [2.75, 3.05) is 32.7 Å². The Morgan fingerprint density at radius 2 is 1.30 bits per heavy atom. The molecule has 2 fully saturated rings. The van der Waals surface area contributed by atoms with Gasteiger partial charge in [0.05, 0.1) is 0 Å². The van der Waals surface area contributed by atoms with Crippen molar-refractivity contribution in [2.24, 2.45) is 0 Å². The molecule has 0 spiro atoms. The Labute approximate surface area is 279 Å². The lowest BCUT2D eigenvalue weighted by Gasteiger charge is -2.38. The quantitative estimate of drug-likeness (QED) is 0.176. The SMILES string of the molecule is O=C(NCC(CCCN1CCC(c2ccccc2)CC1)(c1ccccc1)c1ccccc1)[C@@H]1CCCN1C(=O)OCc1ccccc1. The van der Waals surface area contributed by atoms with Crippen LogP contribution in [0.5, 0.6) is 0 Å². The molecule has 2 aliphatic rings. The molecule has 6 heteroatoms. The lowest BCUT2D eigenvalue weighted by Crippen LogP contribution is -2.50. The molecule has 0 unspecified atom stereocenters. The number of benzene rings is 4. The number of nitrogens with one attached hydrogen (secondary N) is 1. The van der Waals surface area contributed by atoms with Crippen LogP contribution in [0, 0.1) is 0 Å². The van der Waals surface area contributed by atoms with Gasteiger partial charge in [-0.1, -0.05) is 121 Å². The first-order valence-corrected chi connectivity index (χ1v) is 17.3. The maximum absolute atomic E-state index is 13.8. The van der Waals surface area contributed by atoms with Gasteiger partial charge in [-0.3, -0.25) is 9.69 Å². The van der Waals surface area contributed by atoms with E-state index in [2.05, 4.69) is 89.1 Å². The van der Waals surface area contributed by atoms with Gasteiger partial charge in [-0.25, -0.2) is 4.79 Å². The number of hydrogen-bond acceptors (Lipinski definition) is 4. The van der Waals surface area contributed by atoms with Crippen molar-refractivity contribution in [1.82, 2.24) is 15.1 Å². The van der Waals surface area contributed by atoms with Crippen LogP contribution < -0.4 is 5.32 Å². The highest BCUT2D eigenvalue weighted by molar-refractivity contribution is 5.86. The summed E-state index contributed by atoms with van der Waals surface area (Å²) in [5, 5.41) is 3.33. The summed E-state index contributed by atoms with van der Waals surface area (Å²) < 4.78 is 5.62. The van der Waals surface area contributed by atoms with Gasteiger partial charge in [0.15, 0.2) is 0 Å². The standard InChI is InChI=1S/C41H47N3O3/c45-39(38-23-13-28-44(38)40(46)47-31-33-15-5-1-6-16-33)42-32-41(36-19-9-3-10-20-36,37-21-11-4-12-22-37)26-14-27-43-29-24-35(25-30-43)34-17-7-2-8-18-34/h1-12,15-22,35,38H,13-14,23-32H2,(H,42,45)/t38-/m0/s1. The van der Waals surface area contributed by atoms with Crippen LogP contribution in [0.15, 0.2) is 121 Å². The van der Waals surface area contributed by atoms with Crippen LogP contribution in [0.3, 0.4) is 0 Å². The van der Waals surface area contributed by atoms with Crippen molar-refractivity contribution in [3.63, 3.8) is 0 Å². The van der Waals surface area contributed by atoms with Gasteiger partial charge in [-0.15, -0.1) is 0 Å². The molecule has 2 amide bonds. The molecule has 0 bridgehead atoms. The fourth-order valence-electron chi connectivity index (χ4n) is 7.50. The van der Waals surface area contributed by atoms with Crippen LogP contribution in [0.2, 0.25) is 0 Å². The van der Waals surface area contributed by atoms with E-state index < -0.39 is 17.6 Å². The highest BCUT2D eigenvalue weighted by Crippen LogP contribution is 2.37. The zero-order valence-electron chi connectivity index (χ0n) is 27.3. The van der Waals surface area contributed by atoms with Crippen LogP contribution in [-0.2, 0) is 21.6 Å². The summed E-state index contributed by atoms with van der Waals surface area (Å²) >= 11 is 0. The number of nitrogens with zero attached hydrogens (tertiary/aromatic N) is 2. The van der Waals surface area contributed by atoms with E-state index in [0.717, 1.165) is 44.5 Å². The van der Waals surface area contributed by atoms with Crippen LogP contribution in [0.25, 0.3) is 0 Å². The van der Waals surface area contributed by atoms with Crippen LogP contribution in [0.4, 0.5) is 4.79 Å². The van der Waals surface area contributed by atoms with E-state index in [4.69, 9.17) is 4.74 Å². The first-order chi connectivity index (χ1) is 23.1. The summed E-state index contributed by atoms with van der Waals surface area (Å²) in [7, 11) is 0. The molecule has 2 aliphatic heterocycles. The second kappa shape index (κ2) is 15.9. The van der Waals surface area contributed by atoms with Gasteiger partial charge < -0.3 is 15.0 Å². The Hall–Kier alpha value is -4.42. The molecule has 1 N–H and O–H groups in total. The molecule has 0 radical (unpaired) electrons. The minimum Gasteiger partial charge on any atom is -0.445 e. The summed E-state index contributed by atoms with van der Waals surface area (Å²) in [5.41, 5.74) is 4.37. The van der Waals surface area contributed by atoms with Crippen LogP contribution in [-0.4, -0.2) is 60.6 Å². The van der Waals surface area contributed by atoms with Gasteiger partial charge in [0.2, 0.25) is 5.91 Å². The molecule has 4 aromatic carbocycles. The van der Waals surface area contributed by atoms with Crippen molar-refractivity contribution in [3.8, 4) is 0 Å². The predicted molar refractivity (Wildman–Crippen MR) is 187 cm³/mol. The van der Waals surface area contributed by atoms with E-state index in [1.807, 2.05) is 42.5 Å². The van der Waals surface area contributed by atoms with Crippen LogP contribution >= 0.6 is 0 Å². The molecule has 47 heavy (non-hydrogen) atoms. The van der Waals surface area contributed by atoms with E-state index in [-0.39, 0.29) is 12.5 Å². The third-order valence-corrected chi connectivity index (χ3v) is 10.1. The molecule has 2 saturated heterocycles. The first kappa shape index (κ1) is 32.5. The molecule has 244 valence electrons. The molecule has 2 heterocycles. The monoisotopic (exact) mass is 629 g/mol. The van der Waals surface area contributed by atoms with Crippen molar-refractivity contribution in [2.45, 2.75) is 62.5 Å². The molecule has 0 aromatic heterocycles. The number of piperidine rings is 1. The lowest BCUT2D eigenvalue weighted by molar-refractivity contribution is -0.125. The molecule has 6 nitrogen and oxygen atoms in total. The third-order valence-electron chi connectivity index (χ3n) is 10.1. The second-order valence-corrected chi connectivity index (χ2v) is 13.1. The number of ether oxygens (including phenoxy) is 1. The summed E-state index contributed by atoms with van der Waals surface area (Å²) in [6, 6.07) is 41.2. The van der Waals surface area contributed by atoms with Gasteiger partial charge in [0.1, 0.15) is 12.6 Å². The van der Waals surface area contributed by atoms with Crippen molar-refractivity contribution < 1.29 is 14.3 Å². The van der Waals surface area contributed by atoms with Gasteiger partial charge in [0, 0.05) is 18.5 Å². The number of carbonyl (C=O) groups excluding carboxylic acids is 2. The molecule has 6 rings (SSSR count). The Morgan fingerprint density at radius 3 is 1.91 bits per heavy atom. The third kappa shape index (κ3) is 8.12. The maximum atomic E-state index is 13.8. The van der Waals surface area contributed by atoms with Crippen molar-refractivity contribution in [1.29, 1.82) is 0 Å². The van der Waals surface area contributed by atoms with Crippen LogP contribution in [0.1, 0.15) is 66.7 Å². The average molecular weight is 630 g/mol. The summed E-state index contributed by atoms with van der Waals surface area (Å²) in [4.78, 5) is 31.1. The minimum absolute atomic E-state index is 0.113. The molecular weight excluding hydrogens is 582 g/mol. The summed E-state index contributed by atoms with van der Waals surface area (Å²) in [6.45, 7) is 4.42. The zero-order chi connectivity index (χ0) is 32.3. The number of amides is 2. The first-order valence-electron chi connectivity index (χ1n) is 17.3. The van der Waals surface area contributed by atoms with E-state index >= 15 is 0 Å². The Morgan fingerprint density at radius 1 is 0.723 bits per heavy atom. The van der Waals surface area contributed by atoms with Crippen molar-refractivity contribution in [3.05, 3.63) is 144 Å². The Bertz CT molecular complexity index is 1500. The minimum atomic E-state index is -0.534. The van der Waals surface area contributed by atoms with E-state index in [1.54, 1.807) is 4.90 Å². The van der Waals surface area contributed by atoms with E-state index in [0.29, 0.717) is 25.4 Å². The highest BCUT2D eigenvalue weighted by Gasteiger charge is 2.39. The largest absolute Gasteiger partial charge is 0.445 e. The van der Waals surface area contributed by atoms with Gasteiger partial charge in [-0.2, -0.15) is 0 Å². The molecule has 0 saturated carbocycles. The Kier molecular flexibility index (Phi) is 11.0. The molecule has 1 atom stereocenters. The second-order valence-electron chi connectivity index (χ2n) is 13.1. The number of likely N-dealkylation sites (tertiary alicyclic amines) is 2. The zero-order valence-corrected chi connectivity index (χ0v) is 27.3. The maximum Gasteiger partial charge on any atom is 0.410 e. The van der Waals surface area contributed by atoms with Gasteiger partial charge in [0.25, 0.3) is 0 Å². The predicted octanol–water partition coefficient (Wildman–Crippen LogP) is 7.55. The number of hydrogen-bond donors (Lipinski definition) is 1. The summed E-state index contributed by atoms with van der Waals surface area (Å²) in [5.74, 6) is 0.527. The van der Waals surface area contributed by atoms with E-state index in [9.17, 15) is 9.59 Å². The fourth-order valence-corrected chi connectivity index (χ4v) is 7.50. The molecule has 4 aromatic rings. The van der Waals surface area contributed by atoms with E-state index in [1.165, 1.54) is 29.5 Å². The lowest BCUT2D eigenvalue weighted by atomic mass is 9.71. The average Bonchev–Trinajstić information content (AvgIpc) is 3.64. The number of carbonyl (C=O) groups is 2.